The standard InChI is InChI=1S/C20H21F3N6O2S/c1-3-24-18-16(20(21,22)23)10-25-19(28-18)27-17-11-26-29(12(17)2)13-4-6-14(7-5-13)32(30,31)15-8-9-15/h4-7,10-11,15H,3,8-9H2,1-2H3,(H2,24,25,27,28). The summed E-state index contributed by atoms with van der Waals surface area (Å²) in [6, 6.07) is 6.44. The lowest BCUT2D eigenvalue weighted by Crippen LogP contribution is -2.14. The van der Waals surface area contributed by atoms with Crippen LogP contribution < -0.4 is 10.6 Å². The van der Waals surface area contributed by atoms with Crippen LogP contribution in [0, 0.1) is 6.92 Å². The fourth-order valence-corrected chi connectivity index (χ4v) is 4.87. The van der Waals surface area contributed by atoms with Crippen LogP contribution in [0.1, 0.15) is 31.0 Å². The van der Waals surface area contributed by atoms with Gasteiger partial charge in [0.2, 0.25) is 5.95 Å². The SMILES string of the molecule is CCNc1nc(Nc2cnn(-c3ccc(S(=O)(=O)C4CC4)cc3)c2C)ncc1C(F)(F)F. The van der Waals surface area contributed by atoms with Gasteiger partial charge in [-0.25, -0.2) is 18.1 Å². The molecule has 0 atom stereocenters. The van der Waals surface area contributed by atoms with Crippen LogP contribution in [0.15, 0.2) is 41.6 Å². The molecule has 32 heavy (non-hydrogen) atoms. The molecule has 8 nitrogen and oxygen atoms in total. The second-order valence-corrected chi connectivity index (χ2v) is 9.63. The summed E-state index contributed by atoms with van der Waals surface area (Å²) < 4.78 is 65.7. The lowest BCUT2D eigenvalue weighted by molar-refractivity contribution is -0.137. The molecule has 4 rings (SSSR count). The number of hydrogen-bond donors (Lipinski definition) is 2. The van der Waals surface area contributed by atoms with Crippen molar-refractivity contribution in [2.24, 2.45) is 0 Å². The van der Waals surface area contributed by atoms with Gasteiger partial charge in [0.05, 0.1) is 33.4 Å². The molecule has 0 aliphatic heterocycles. The predicted octanol–water partition coefficient (Wildman–Crippen LogP) is 4.10. The first-order valence-corrected chi connectivity index (χ1v) is 11.5. The van der Waals surface area contributed by atoms with Gasteiger partial charge in [-0.15, -0.1) is 0 Å². The Kier molecular flexibility index (Phi) is 5.57. The van der Waals surface area contributed by atoms with Crippen molar-refractivity contribution in [3.05, 3.63) is 47.9 Å². The van der Waals surface area contributed by atoms with Crippen molar-refractivity contribution in [1.29, 1.82) is 0 Å². The van der Waals surface area contributed by atoms with E-state index in [4.69, 9.17) is 0 Å². The number of hydrogen-bond acceptors (Lipinski definition) is 7. The summed E-state index contributed by atoms with van der Waals surface area (Å²) in [5.74, 6) is -0.322. The van der Waals surface area contributed by atoms with Crippen LogP contribution >= 0.6 is 0 Å². The monoisotopic (exact) mass is 466 g/mol. The van der Waals surface area contributed by atoms with Crippen molar-refractivity contribution in [2.45, 2.75) is 43.0 Å². The Morgan fingerprint density at radius 2 is 1.84 bits per heavy atom. The zero-order valence-electron chi connectivity index (χ0n) is 17.3. The molecule has 12 heteroatoms. The molecule has 3 aromatic rings. The molecule has 0 saturated heterocycles. The summed E-state index contributed by atoms with van der Waals surface area (Å²) in [5.41, 5.74) is 0.851. The zero-order valence-corrected chi connectivity index (χ0v) is 18.1. The Morgan fingerprint density at radius 1 is 1.16 bits per heavy atom. The molecule has 2 N–H and O–H groups in total. The lowest BCUT2D eigenvalue weighted by atomic mass is 10.3. The van der Waals surface area contributed by atoms with E-state index in [1.54, 1.807) is 42.8 Å². The van der Waals surface area contributed by atoms with Gasteiger partial charge < -0.3 is 10.6 Å². The minimum absolute atomic E-state index is 0.0116. The summed E-state index contributed by atoms with van der Waals surface area (Å²) in [7, 11) is -3.28. The molecule has 1 aliphatic rings. The van der Waals surface area contributed by atoms with Crippen molar-refractivity contribution in [2.75, 3.05) is 17.2 Å². The van der Waals surface area contributed by atoms with Crippen LogP contribution in [0.25, 0.3) is 5.69 Å². The van der Waals surface area contributed by atoms with E-state index in [1.165, 1.54) is 6.20 Å². The first-order chi connectivity index (χ1) is 15.1. The maximum absolute atomic E-state index is 13.1. The van der Waals surface area contributed by atoms with E-state index < -0.39 is 21.6 Å². The fourth-order valence-electron chi connectivity index (χ4n) is 3.21. The first kappa shape index (κ1) is 22.1. The zero-order chi connectivity index (χ0) is 23.1. The number of anilines is 3. The van der Waals surface area contributed by atoms with Crippen LogP contribution in [0.5, 0.6) is 0 Å². The van der Waals surface area contributed by atoms with Gasteiger partial charge in [-0.05, 0) is 51.0 Å². The van der Waals surface area contributed by atoms with Crippen LogP contribution in [0.3, 0.4) is 0 Å². The maximum Gasteiger partial charge on any atom is 0.421 e. The molecule has 0 amide bonds. The number of nitrogens with zero attached hydrogens (tertiary/aromatic N) is 4. The second-order valence-electron chi connectivity index (χ2n) is 7.40. The van der Waals surface area contributed by atoms with Crippen LogP contribution in [-0.4, -0.2) is 40.0 Å². The smallest absolute Gasteiger partial charge is 0.370 e. The average molecular weight is 466 g/mol. The summed E-state index contributed by atoms with van der Waals surface area (Å²) >= 11 is 0. The Labute approximate surface area is 182 Å². The number of benzene rings is 1. The number of sulfone groups is 1. The molecule has 0 bridgehead atoms. The molecule has 0 radical (unpaired) electrons. The van der Waals surface area contributed by atoms with Crippen molar-refractivity contribution >= 4 is 27.3 Å². The summed E-state index contributed by atoms with van der Waals surface area (Å²) in [6.07, 6.45) is -0.960. The molecular weight excluding hydrogens is 445 g/mol. The number of alkyl halides is 3. The van der Waals surface area contributed by atoms with Crippen LogP contribution in [-0.2, 0) is 16.0 Å². The second kappa shape index (κ2) is 8.08. The quantitative estimate of drug-likeness (QED) is 0.541. The summed E-state index contributed by atoms with van der Waals surface area (Å²) in [5, 5.41) is 9.50. The molecule has 170 valence electrons. The number of rotatable bonds is 7. The van der Waals surface area contributed by atoms with E-state index in [2.05, 4.69) is 25.7 Å². The van der Waals surface area contributed by atoms with Gasteiger partial charge in [0.1, 0.15) is 11.4 Å². The summed E-state index contributed by atoms with van der Waals surface area (Å²) in [4.78, 5) is 8.01. The van der Waals surface area contributed by atoms with Crippen molar-refractivity contribution in [3.63, 3.8) is 0 Å². The van der Waals surface area contributed by atoms with E-state index in [0.717, 1.165) is 6.20 Å². The molecule has 1 aliphatic carbocycles. The third kappa shape index (κ3) is 4.27. The Bertz CT molecular complexity index is 1240. The average Bonchev–Trinajstić information content (AvgIpc) is 3.54. The highest BCUT2D eigenvalue weighted by atomic mass is 32.2. The number of halogens is 3. The van der Waals surface area contributed by atoms with Gasteiger partial charge in [0, 0.05) is 12.7 Å². The first-order valence-electron chi connectivity index (χ1n) is 9.95. The molecular formula is C20H21F3N6O2S. The predicted molar refractivity (Wildman–Crippen MR) is 113 cm³/mol. The van der Waals surface area contributed by atoms with Gasteiger partial charge >= 0.3 is 6.18 Å². The van der Waals surface area contributed by atoms with Crippen molar-refractivity contribution in [1.82, 2.24) is 19.7 Å². The summed E-state index contributed by atoms with van der Waals surface area (Å²) in [6.45, 7) is 3.70. The minimum atomic E-state index is -4.57. The van der Waals surface area contributed by atoms with Crippen LogP contribution in [0.4, 0.5) is 30.6 Å². The van der Waals surface area contributed by atoms with E-state index in [1.807, 2.05) is 0 Å². The fraction of sp³-hybridized carbons (Fsp3) is 0.350. The van der Waals surface area contributed by atoms with Gasteiger partial charge in [0.15, 0.2) is 9.84 Å². The Hall–Kier alpha value is -3.15. The lowest BCUT2D eigenvalue weighted by Gasteiger charge is -2.14. The third-order valence-corrected chi connectivity index (χ3v) is 7.35. The highest BCUT2D eigenvalue weighted by Crippen LogP contribution is 2.35. The van der Waals surface area contributed by atoms with E-state index in [-0.39, 0.29) is 28.5 Å². The minimum Gasteiger partial charge on any atom is -0.370 e. The maximum atomic E-state index is 13.1. The molecule has 2 aromatic heterocycles. The molecule has 0 unspecified atom stereocenters. The van der Waals surface area contributed by atoms with Crippen molar-refractivity contribution < 1.29 is 21.6 Å². The number of aromatic nitrogens is 4. The highest BCUT2D eigenvalue weighted by Gasteiger charge is 2.37. The van der Waals surface area contributed by atoms with E-state index in [0.29, 0.717) is 29.9 Å². The Morgan fingerprint density at radius 3 is 2.44 bits per heavy atom. The number of nitrogens with one attached hydrogen (secondary N) is 2. The molecule has 0 spiro atoms. The normalized spacial score (nSPS) is 14.4. The Balaban J connectivity index is 1.58. The van der Waals surface area contributed by atoms with Gasteiger partial charge in [0.25, 0.3) is 0 Å². The topological polar surface area (TPSA) is 102 Å². The highest BCUT2D eigenvalue weighted by molar-refractivity contribution is 7.92. The molecule has 1 saturated carbocycles. The van der Waals surface area contributed by atoms with Gasteiger partial charge in [-0.3, -0.25) is 0 Å². The molecule has 2 heterocycles. The largest absolute Gasteiger partial charge is 0.421 e. The van der Waals surface area contributed by atoms with Crippen molar-refractivity contribution in [3.8, 4) is 5.69 Å². The van der Waals surface area contributed by atoms with Gasteiger partial charge in [-0.2, -0.15) is 23.3 Å². The van der Waals surface area contributed by atoms with Gasteiger partial charge in [-0.1, -0.05) is 0 Å². The molecule has 1 aromatic carbocycles. The third-order valence-electron chi connectivity index (χ3n) is 5.07. The van der Waals surface area contributed by atoms with Crippen LogP contribution in [0.2, 0.25) is 0 Å². The van der Waals surface area contributed by atoms with E-state index >= 15 is 0 Å². The molecule has 1 fully saturated rings. The van der Waals surface area contributed by atoms with E-state index in [9.17, 15) is 21.6 Å².